The second-order valence-corrected chi connectivity index (χ2v) is 8.53. The molecule has 1 aliphatic rings. The molecule has 1 atom stereocenters. The van der Waals surface area contributed by atoms with Gasteiger partial charge in [-0.15, -0.1) is 0 Å². The molecule has 1 aliphatic heterocycles. The molecule has 0 spiro atoms. The van der Waals surface area contributed by atoms with Gasteiger partial charge in [0.2, 0.25) is 0 Å². The van der Waals surface area contributed by atoms with E-state index in [1.54, 1.807) is 6.08 Å². The van der Waals surface area contributed by atoms with Gasteiger partial charge in [-0.3, -0.25) is 0 Å². The standard InChI is InChI=1S/C22H26F4N2O2/c1-13-7-14-11-27-16(9-18(14)28-13)10-21(29,22(24,25)26)12-20(2,3)17-8-15(23)5-6-19(17)30-4/h5-9,27-29H,10-12H2,1-4H3. The molecule has 0 fully saturated rings. The summed E-state index contributed by atoms with van der Waals surface area (Å²) in [6.45, 7) is 5.32. The van der Waals surface area contributed by atoms with Gasteiger partial charge in [0, 0.05) is 35.6 Å². The second kappa shape index (κ2) is 7.65. The molecule has 1 unspecified atom stereocenters. The van der Waals surface area contributed by atoms with E-state index in [9.17, 15) is 22.7 Å². The van der Waals surface area contributed by atoms with Crippen molar-refractivity contribution in [2.45, 2.75) is 57.3 Å². The fraction of sp³-hybridized carbons (Fsp3) is 0.455. The molecule has 3 rings (SSSR count). The van der Waals surface area contributed by atoms with Crippen molar-refractivity contribution in [1.82, 2.24) is 10.3 Å². The molecule has 0 amide bonds. The first kappa shape index (κ1) is 22.2. The van der Waals surface area contributed by atoms with Crippen LogP contribution in [0.25, 0.3) is 6.08 Å². The zero-order valence-corrected chi connectivity index (χ0v) is 17.4. The summed E-state index contributed by atoms with van der Waals surface area (Å²) in [5, 5.41) is 13.8. The number of hydrogen-bond acceptors (Lipinski definition) is 3. The van der Waals surface area contributed by atoms with Crippen molar-refractivity contribution >= 4 is 6.08 Å². The Balaban J connectivity index is 1.95. The van der Waals surface area contributed by atoms with E-state index in [4.69, 9.17) is 4.74 Å². The van der Waals surface area contributed by atoms with Crippen molar-refractivity contribution in [2.75, 3.05) is 7.11 Å². The third kappa shape index (κ3) is 4.33. The summed E-state index contributed by atoms with van der Waals surface area (Å²) in [6, 6.07) is 5.63. The van der Waals surface area contributed by atoms with E-state index in [2.05, 4.69) is 10.3 Å². The van der Waals surface area contributed by atoms with Gasteiger partial charge in [0.1, 0.15) is 11.6 Å². The fourth-order valence-corrected chi connectivity index (χ4v) is 4.10. The Morgan fingerprint density at radius 2 is 1.87 bits per heavy atom. The molecule has 1 aromatic carbocycles. The molecule has 2 aromatic rings. The predicted octanol–water partition coefficient (Wildman–Crippen LogP) is 4.97. The summed E-state index contributed by atoms with van der Waals surface area (Å²) in [5.74, 6) is -0.312. The van der Waals surface area contributed by atoms with Crippen molar-refractivity contribution in [3.05, 3.63) is 58.3 Å². The highest BCUT2D eigenvalue weighted by atomic mass is 19.4. The summed E-state index contributed by atoms with van der Waals surface area (Å²) >= 11 is 0. The van der Waals surface area contributed by atoms with Crippen LogP contribution in [0.2, 0.25) is 0 Å². The molecule has 4 nitrogen and oxygen atoms in total. The summed E-state index contributed by atoms with van der Waals surface area (Å²) < 4.78 is 61.2. The van der Waals surface area contributed by atoms with Crippen LogP contribution in [0.5, 0.6) is 5.75 Å². The molecule has 30 heavy (non-hydrogen) atoms. The number of aromatic amines is 1. The Labute approximate surface area is 173 Å². The van der Waals surface area contributed by atoms with Crippen LogP contribution in [0.1, 0.15) is 49.2 Å². The van der Waals surface area contributed by atoms with E-state index >= 15 is 0 Å². The lowest BCUT2D eigenvalue weighted by atomic mass is 9.73. The molecular weight excluding hydrogens is 400 g/mol. The topological polar surface area (TPSA) is 57.3 Å². The normalized spacial score (nSPS) is 16.4. The van der Waals surface area contributed by atoms with Crippen LogP contribution >= 0.6 is 0 Å². The molecule has 3 N–H and O–H groups in total. The van der Waals surface area contributed by atoms with Crippen molar-refractivity contribution in [3.63, 3.8) is 0 Å². The summed E-state index contributed by atoms with van der Waals surface area (Å²) in [5.41, 5.74) is -1.10. The van der Waals surface area contributed by atoms with Crippen LogP contribution in [-0.2, 0) is 12.0 Å². The van der Waals surface area contributed by atoms with Gasteiger partial charge >= 0.3 is 6.18 Å². The lowest BCUT2D eigenvalue weighted by Gasteiger charge is -2.39. The third-order valence-corrected chi connectivity index (χ3v) is 5.53. The number of aryl methyl sites for hydroxylation is 1. The monoisotopic (exact) mass is 426 g/mol. The van der Waals surface area contributed by atoms with Crippen molar-refractivity contribution < 1.29 is 27.4 Å². The number of aliphatic hydroxyl groups is 1. The number of hydrogen-bond donors (Lipinski definition) is 3. The smallest absolute Gasteiger partial charge is 0.417 e. The van der Waals surface area contributed by atoms with Crippen molar-refractivity contribution in [1.29, 1.82) is 0 Å². The minimum atomic E-state index is -4.89. The van der Waals surface area contributed by atoms with Gasteiger partial charge in [0.15, 0.2) is 5.60 Å². The predicted molar refractivity (Wildman–Crippen MR) is 107 cm³/mol. The lowest BCUT2D eigenvalue weighted by molar-refractivity contribution is -0.266. The van der Waals surface area contributed by atoms with Gasteiger partial charge in [-0.2, -0.15) is 13.2 Å². The number of ether oxygens (including phenoxy) is 1. The van der Waals surface area contributed by atoms with Crippen LogP contribution in [-0.4, -0.2) is 29.0 Å². The number of nitrogens with one attached hydrogen (secondary N) is 2. The molecular formula is C22H26F4N2O2. The second-order valence-electron chi connectivity index (χ2n) is 8.53. The molecule has 0 saturated carbocycles. The SMILES string of the molecule is COc1ccc(F)cc1C(C)(C)CC(O)(CC1=Cc2[nH]c(C)cc2CN1)C(F)(F)F. The third-order valence-electron chi connectivity index (χ3n) is 5.53. The highest BCUT2D eigenvalue weighted by Crippen LogP contribution is 2.46. The maximum atomic E-state index is 14.0. The summed E-state index contributed by atoms with van der Waals surface area (Å²) in [7, 11) is 1.37. The maximum absolute atomic E-state index is 14.0. The number of methoxy groups -OCH3 is 1. The number of halogens is 4. The van der Waals surface area contributed by atoms with Crippen LogP contribution in [0.4, 0.5) is 17.6 Å². The summed E-state index contributed by atoms with van der Waals surface area (Å²) in [4.78, 5) is 3.11. The molecule has 0 saturated heterocycles. The van der Waals surface area contributed by atoms with E-state index in [-0.39, 0.29) is 17.0 Å². The maximum Gasteiger partial charge on any atom is 0.417 e. The molecule has 0 bridgehead atoms. The number of aromatic nitrogens is 1. The minimum Gasteiger partial charge on any atom is -0.496 e. The number of alkyl halides is 3. The average Bonchev–Trinajstić information content (AvgIpc) is 2.99. The van der Waals surface area contributed by atoms with Crippen LogP contribution in [0.15, 0.2) is 30.0 Å². The molecule has 0 aliphatic carbocycles. The van der Waals surface area contributed by atoms with E-state index in [1.165, 1.54) is 33.1 Å². The molecule has 164 valence electrons. The van der Waals surface area contributed by atoms with Gasteiger partial charge in [-0.25, -0.2) is 4.39 Å². The van der Waals surface area contributed by atoms with Crippen molar-refractivity contribution in [2.24, 2.45) is 0 Å². The zero-order valence-electron chi connectivity index (χ0n) is 17.4. The van der Waals surface area contributed by atoms with E-state index in [0.29, 0.717) is 6.54 Å². The van der Waals surface area contributed by atoms with Crippen LogP contribution < -0.4 is 10.1 Å². The Morgan fingerprint density at radius 3 is 2.50 bits per heavy atom. The Hall–Kier alpha value is -2.48. The summed E-state index contributed by atoms with van der Waals surface area (Å²) in [6.07, 6.45) is -4.61. The van der Waals surface area contributed by atoms with Crippen LogP contribution in [0.3, 0.4) is 0 Å². The number of fused-ring (bicyclic) bond motifs is 1. The highest BCUT2D eigenvalue weighted by molar-refractivity contribution is 5.56. The van der Waals surface area contributed by atoms with Gasteiger partial charge in [0.25, 0.3) is 0 Å². The number of benzene rings is 1. The first-order valence-electron chi connectivity index (χ1n) is 9.61. The zero-order chi connectivity index (χ0) is 22.3. The fourth-order valence-electron chi connectivity index (χ4n) is 4.10. The average molecular weight is 426 g/mol. The molecule has 2 heterocycles. The van der Waals surface area contributed by atoms with Gasteiger partial charge in [-0.05, 0) is 54.7 Å². The van der Waals surface area contributed by atoms with E-state index < -0.39 is 35.9 Å². The lowest BCUT2D eigenvalue weighted by Crippen LogP contribution is -2.50. The van der Waals surface area contributed by atoms with Crippen molar-refractivity contribution in [3.8, 4) is 5.75 Å². The molecule has 0 radical (unpaired) electrons. The van der Waals surface area contributed by atoms with E-state index in [0.717, 1.165) is 23.0 Å². The van der Waals surface area contributed by atoms with Gasteiger partial charge in [0.05, 0.1) is 7.11 Å². The molecule has 8 heteroatoms. The van der Waals surface area contributed by atoms with E-state index in [1.807, 2.05) is 13.0 Å². The first-order valence-corrected chi connectivity index (χ1v) is 9.61. The Kier molecular flexibility index (Phi) is 5.66. The first-order chi connectivity index (χ1) is 13.8. The largest absolute Gasteiger partial charge is 0.496 e. The quantitative estimate of drug-likeness (QED) is 0.572. The Morgan fingerprint density at radius 1 is 1.17 bits per heavy atom. The van der Waals surface area contributed by atoms with Crippen LogP contribution in [0, 0.1) is 12.7 Å². The number of rotatable bonds is 6. The van der Waals surface area contributed by atoms with Gasteiger partial charge < -0.3 is 20.1 Å². The molecule has 1 aromatic heterocycles. The Bertz CT molecular complexity index is 963. The van der Waals surface area contributed by atoms with Gasteiger partial charge in [-0.1, -0.05) is 13.8 Å². The number of H-pyrrole nitrogens is 1. The minimum absolute atomic E-state index is 0.264. The highest BCUT2D eigenvalue weighted by Gasteiger charge is 2.56.